The molecule has 0 bridgehead atoms. The second kappa shape index (κ2) is 7.76. The number of nitrogens with zero attached hydrogens (tertiary/aromatic N) is 1. The maximum atomic E-state index is 11.8. The number of alkyl carbamates (subject to hydrolysis) is 1. The van der Waals surface area contributed by atoms with Crippen LogP contribution in [0.3, 0.4) is 0 Å². The lowest BCUT2D eigenvalue weighted by molar-refractivity contribution is -0.133. The molecule has 0 aromatic heterocycles. The molecule has 0 unspecified atom stereocenters. The van der Waals surface area contributed by atoms with Crippen molar-refractivity contribution in [3.63, 3.8) is 0 Å². The number of hydrogen-bond acceptors (Lipinski definition) is 4. The Morgan fingerprint density at radius 2 is 1.84 bits per heavy atom. The van der Waals surface area contributed by atoms with Crippen molar-refractivity contribution in [1.29, 1.82) is 0 Å². The van der Waals surface area contributed by atoms with Gasteiger partial charge in [-0.2, -0.15) is 0 Å². The Labute approximate surface area is 113 Å². The van der Waals surface area contributed by atoms with Crippen LogP contribution in [0.15, 0.2) is 0 Å². The highest BCUT2D eigenvalue weighted by atomic mass is 16.5. The summed E-state index contributed by atoms with van der Waals surface area (Å²) in [6.07, 6.45) is 1.64. The van der Waals surface area contributed by atoms with E-state index in [0.29, 0.717) is 26.1 Å². The van der Waals surface area contributed by atoms with Gasteiger partial charge in [0.15, 0.2) is 0 Å². The van der Waals surface area contributed by atoms with E-state index in [0.717, 1.165) is 12.8 Å². The van der Waals surface area contributed by atoms with Crippen LogP contribution in [-0.4, -0.2) is 48.4 Å². The molecule has 1 N–H and O–H groups in total. The number of ketones is 1. The first-order valence-corrected chi connectivity index (χ1v) is 6.73. The van der Waals surface area contributed by atoms with Gasteiger partial charge in [0, 0.05) is 32.0 Å². The molecule has 108 valence electrons. The molecule has 1 saturated heterocycles. The molecule has 0 aromatic carbocycles. The predicted molar refractivity (Wildman–Crippen MR) is 69.7 cm³/mol. The van der Waals surface area contributed by atoms with Gasteiger partial charge in [-0.15, -0.1) is 0 Å². The van der Waals surface area contributed by atoms with Gasteiger partial charge in [-0.05, 0) is 26.7 Å². The molecule has 0 spiro atoms. The van der Waals surface area contributed by atoms with Gasteiger partial charge in [0.1, 0.15) is 5.78 Å². The number of piperidine rings is 1. The molecular weight excluding hydrogens is 248 g/mol. The summed E-state index contributed by atoms with van der Waals surface area (Å²) >= 11 is 0. The number of amides is 2. The highest BCUT2D eigenvalue weighted by Crippen LogP contribution is 2.12. The second-order valence-corrected chi connectivity index (χ2v) is 4.72. The molecule has 0 radical (unpaired) electrons. The molecule has 2 amide bonds. The number of rotatable bonds is 5. The van der Waals surface area contributed by atoms with E-state index in [9.17, 15) is 14.4 Å². The lowest BCUT2D eigenvalue weighted by Crippen LogP contribution is -2.46. The van der Waals surface area contributed by atoms with Crippen LogP contribution >= 0.6 is 0 Å². The molecule has 19 heavy (non-hydrogen) atoms. The number of hydrogen-bond donors (Lipinski definition) is 1. The van der Waals surface area contributed by atoms with Crippen molar-refractivity contribution in [2.45, 2.75) is 45.6 Å². The molecule has 1 aliphatic heterocycles. The van der Waals surface area contributed by atoms with Gasteiger partial charge in [0.05, 0.1) is 6.61 Å². The number of carbonyl (C=O) groups excluding carboxylic acids is 3. The lowest BCUT2D eigenvalue weighted by Gasteiger charge is -2.32. The van der Waals surface area contributed by atoms with Crippen LogP contribution in [0.5, 0.6) is 0 Å². The minimum absolute atomic E-state index is 0.0183. The van der Waals surface area contributed by atoms with Crippen molar-refractivity contribution in [3.05, 3.63) is 0 Å². The van der Waals surface area contributed by atoms with E-state index in [4.69, 9.17) is 4.74 Å². The summed E-state index contributed by atoms with van der Waals surface area (Å²) < 4.78 is 4.82. The van der Waals surface area contributed by atoms with Crippen LogP contribution in [0.25, 0.3) is 0 Å². The zero-order valence-electron chi connectivity index (χ0n) is 11.6. The summed E-state index contributed by atoms with van der Waals surface area (Å²) in [4.78, 5) is 35.6. The molecule has 1 rings (SSSR count). The summed E-state index contributed by atoms with van der Waals surface area (Å²) in [5.41, 5.74) is 0. The average molecular weight is 270 g/mol. The molecular formula is C13H22N2O4. The van der Waals surface area contributed by atoms with E-state index in [1.54, 1.807) is 11.8 Å². The summed E-state index contributed by atoms with van der Waals surface area (Å²) in [5.74, 6) is 0.0528. The maximum Gasteiger partial charge on any atom is 0.407 e. The first-order valence-electron chi connectivity index (χ1n) is 6.73. The first kappa shape index (κ1) is 15.5. The zero-order valence-corrected chi connectivity index (χ0v) is 11.6. The van der Waals surface area contributed by atoms with Crippen LogP contribution in [0.4, 0.5) is 4.79 Å². The third-order valence-corrected chi connectivity index (χ3v) is 3.14. The molecule has 0 aliphatic carbocycles. The minimum Gasteiger partial charge on any atom is -0.450 e. The molecule has 1 aliphatic rings. The van der Waals surface area contributed by atoms with Crippen molar-refractivity contribution in [2.75, 3.05) is 19.7 Å². The summed E-state index contributed by atoms with van der Waals surface area (Å²) in [7, 11) is 0. The Balaban J connectivity index is 2.26. The second-order valence-electron chi connectivity index (χ2n) is 4.72. The van der Waals surface area contributed by atoms with E-state index in [-0.39, 0.29) is 24.2 Å². The maximum absolute atomic E-state index is 11.8. The molecule has 0 atom stereocenters. The third-order valence-electron chi connectivity index (χ3n) is 3.14. The summed E-state index contributed by atoms with van der Waals surface area (Å²) in [6.45, 7) is 4.84. The smallest absolute Gasteiger partial charge is 0.407 e. The highest BCUT2D eigenvalue weighted by Gasteiger charge is 2.23. The fourth-order valence-corrected chi connectivity index (χ4v) is 2.05. The van der Waals surface area contributed by atoms with Gasteiger partial charge in [0.25, 0.3) is 0 Å². The van der Waals surface area contributed by atoms with Crippen molar-refractivity contribution >= 4 is 17.8 Å². The monoisotopic (exact) mass is 270 g/mol. The van der Waals surface area contributed by atoms with Gasteiger partial charge in [0.2, 0.25) is 5.91 Å². The van der Waals surface area contributed by atoms with E-state index in [1.807, 2.05) is 0 Å². The first-order chi connectivity index (χ1) is 9.02. The fraction of sp³-hybridized carbons (Fsp3) is 0.769. The van der Waals surface area contributed by atoms with Crippen LogP contribution < -0.4 is 5.32 Å². The number of nitrogens with one attached hydrogen (secondary N) is 1. The molecule has 6 nitrogen and oxygen atoms in total. The Morgan fingerprint density at radius 1 is 1.21 bits per heavy atom. The number of Topliss-reactive ketones (excluding diaryl/α,β-unsaturated/α-hetero) is 1. The third kappa shape index (κ3) is 5.72. The van der Waals surface area contributed by atoms with Crippen LogP contribution in [0, 0.1) is 0 Å². The standard InChI is InChI=1S/C13H22N2O4/c1-3-19-13(18)14-11-6-8-15(9-7-11)12(17)5-4-10(2)16/h11H,3-9H2,1-2H3,(H,14,18). The summed E-state index contributed by atoms with van der Waals surface area (Å²) in [5, 5.41) is 2.78. The van der Waals surface area contributed by atoms with Crippen molar-refractivity contribution in [2.24, 2.45) is 0 Å². The normalized spacial score (nSPS) is 16.0. The molecule has 1 fully saturated rings. The Bertz CT molecular complexity index is 336. The molecule has 1 heterocycles. The molecule has 6 heteroatoms. The van der Waals surface area contributed by atoms with Gasteiger partial charge < -0.3 is 19.7 Å². The van der Waals surface area contributed by atoms with E-state index >= 15 is 0 Å². The van der Waals surface area contributed by atoms with Gasteiger partial charge >= 0.3 is 6.09 Å². The van der Waals surface area contributed by atoms with Gasteiger partial charge in [-0.25, -0.2) is 4.79 Å². The minimum atomic E-state index is -0.399. The zero-order chi connectivity index (χ0) is 14.3. The van der Waals surface area contributed by atoms with Crippen molar-refractivity contribution in [1.82, 2.24) is 10.2 Å². The predicted octanol–water partition coefficient (Wildman–Crippen LogP) is 1.09. The largest absolute Gasteiger partial charge is 0.450 e. The van der Waals surface area contributed by atoms with Gasteiger partial charge in [-0.1, -0.05) is 0 Å². The summed E-state index contributed by atoms with van der Waals surface area (Å²) in [6, 6.07) is 0.0657. The van der Waals surface area contributed by atoms with E-state index < -0.39 is 6.09 Å². The Hall–Kier alpha value is -1.59. The Morgan fingerprint density at radius 3 is 2.37 bits per heavy atom. The molecule has 0 saturated carbocycles. The van der Waals surface area contributed by atoms with E-state index in [1.165, 1.54) is 6.92 Å². The highest BCUT2D eigenvalue weighted by molar-refractivity contribution is 5.83. The molecule has 0 aromatic rings. The SMILES string of the molecule is CCOC(=O)NC1CCN(C(=O)CCC(C)=O)CC1. The average Bonchev–Trinajstić information content (AvgIpc) is 2.37. The number of ether oxygens (including phenoxy) is 1. The van der Waals surface area contributed by atoms with Crippen LogP contribution in [0.2, 0.25) is 0 Å². The topological polar surface area (TPSA) is 75.7 Å². The quantitative estimate of drug-likeness (QED) is 0.811. The van der Waals surface area contributed by atoms with Crippen molar-refractivity contribution < 1.29 is 19.1 Å². The number of carbonyl (C=O) groups is 3. The van der Waals surface area contributed by atoms with Crippen molar-refractivity contribution in [3.8, 4) is 0 Å². The number of likely N-dealkylation sites (tertiary alicyclic amines) is 1. The van der Waals surface area contributed by atoms with Crippen LogP contribution in [0.1, 0.15) is 39.5 Å². The van der Waals surface area contributed by atoms with Gasteiger partial charge in [-0.3, -0.25) is 4.79 Å². The van der Waals surface area contributed by atoms with Crippen LogP contribution in [-0.2, 0) is 14.3 Å². The fourth-order valence-electron chi connectivity index (χ4n) is 2.05. The Kier molecular flexibility index (Phi) is 6.32. The lowest BCUT2D eigenvalue weighted by atomic mass is 10.0. The van der Waals surface area contributed by atoms with E-state index in [2.05, 4.69) is 5.32 Å².